The molecule has 0 fully saturated rings. The van der Waals surface area contributed by atoms with Crippen molar-refractivity contribution in [2.45, 2.75) is 0 Å². The molecule has 0 aliphatic carbocycles. The van der Waals surface area contributed by atoms with Crippen LogP contribution in [0.15, 0.2) is 60.8 Å². The van der Waals surface area contributed by atoms with E-state index in [0.717, 1.165) is 12.3 Å². The van der Waals surface area contributed by atoms with Crippen molar-refractivity contribution < 1.29 is 18.7 Å². The Morgan fingerprint density at radius 1 is 1.08 bits per heavy atom. The molecule has 0 unspecified atom stereocenters. The first-order valence-electron chi connectivity index (χ1n) is 7.59. The lowest BCUT2D eigenvalue weighted by atomic mass is 10.2. The minimum absolute atomic E-state index is 0.210. The molecule has 26 heavy (non-hydrogen) atoms. The standard InChI is InChI=1S/C19H14ClFN2O3/c1-25-14-4-6-15(7-5-14)26-17-8-3-13(20)10-16(17)23-19(24)12-2-9-18(21)22-11-12/h2-11H,1H3,(H,23,24). The largest absolute Gasteiger partial charge is 0.497 e. The number of nitrogens with zero attached hydrogens (tertiary/aromatic N) is 1. The van der Waals surface area contributed by atoms with Crippen LogP contribution < -0.4 is 14.8 Å². The summed E-state index contributed by atoms with van der Waals surface area (Å²) in [6.07, 6.45) is 1.15. The number of aromatic nitrogens is 1. The predicted molar refractivity (Wildman–Crippen MR) is 96.7 cm³/mol. The summed E-state index contributed by atoms with van der Waals surface area (Å²) in [7, 11) is 1.58. The summed E-state index contributed by atoms with van der Waals surface area (Å²) in [5.74, 6) is 0.549. The quantitative estimate of drug-likeness (QED) is 0.645. The van der Waals surface area contributed by atoms with Crippen molar-refractivity contribution in [2.75, 3.05) is 12.4 Å². The summed E-state index contributed by atoms with van der Waals surface area (Å²) in [4.78, 5) is 15.8. The third-order valence-corrected chi connectivity index (χ3v) is 3.70. The zero-order valence-corrected chi connectivity index (χ0v) is 14.5. The molecule has 0 bridgehead atoms. The fourth-order valence-electron chi connectivity index (χ4n) is 2.16. The smallest absolute Gasteiger partial charge is 0.257 e. The Balaban J connectivity index is 1.83. The molecule has 0 aliphatic rings. The van der Waals surface area contributed by atoms with Gasteiger partial charge in [0.15, 0.2) is 5.75 Å². The molecule has 0 radical (unpaired) electrons. The molecule has 5 nitrogen and oxygen atoms in total. The maximum absolute atomic E-state index is 12.9. The van der Waals surface area contributed by atoms with Crippen LogP contribution in [0.4, 0.5) is 10.1 Å². The normalized spacial score (nSPS) is 10.3. The van der Waals surface area contributed by atoms with E-state index in [4.69, 9.17) is 21.1 Å². The number of benzene rings is 2. The van der Waals surface area contributed by atoms with E-state index in [9.17, 15) is 9.18 Å². The van der Waals surface area contributed by atoms with Gasteiger partial charge in [-0.3, -0.25) is 4.79 Å². The zero-order chi connectivity index (χ0) is 18.5. The maximum atomic E-state index is 12.9. The number of halogens is 2. The third-order valence-electron chi connectivity index (χ3n) is 3.47. The Morgan fingerprint density at radius 2 is 1.81 bits per heavy atom. The van der Waals surface area contributed by atoms with E-state index in [2.05, 4.69) is 10.3 Å². The number of nitrogens with one attached hydrogen (secondary N) is 1. The highest BCUT2D eigenvalue weighted by Crippen LogP contribution is 2.33. The van der Waals surface area contributed by atoms with Crippen molar-refractivity contribution in [3.63, 3.8) is 0 Å². The number of hydrogen-bond acceptors (Lipinski definition) is 4. The number of ether oxygens (including phenoxy) is 2. The molecule has 3 rings (SSSR count). The second-order valence-electron chi connectivity index (χ2n) is 5.24. The number of carbonyl (C=O) groups excluding carboxylic acids is 1. The first-order valence-corrected chi connectivity index (χ1v) is 7.97. The Morgan fingerprint density at radius 3 is 2.46 bits per heavy atom. The zero-order valence-electron chi connectivity index (χ0n) is 13.7. The molecule has 7 heteroatoms. The number of rotatable bonds is 5. The molecule has 0 saturated heterocycles. The highest BCUT2D eigenvalue weighted by atomic mass is 35.5. The summed E-state index contributed by atoms with van der Waals surface area (Å²) in [5.41, 5.74) is 0.587. The second kappa shape index (κ2) is 7.84. The lowest BCUT2D eigenvalue weighted by molar-refractivity contribution is 0.102. The molecule has 3 aromatic rings. The van der Waals surface area contributed by atoms with Crippen LogP contribution in [0.1, 0.15) is 10.4 Å². The van der Waals surface area contributed by atoms with Gasteiger partial charge in [-0.25, -0.2) is 4.98 Å². The minimum atomic E-state index is -0.659. The van der Waals surface area contributed by atoms with Gasteiger partial charge in [0.25, 0.3) is 5.91 Å². The number of carbonyl (C=O) groups is 1. The highest BCUT2D eigenvalue weighted by Gasteiger charge is 2.12. The van der Waals surface area contributed by atoms with Crippen molar-refractivity contribution in [2.24, 2.45) is 0 Å². The lowest BCUT2D eigenvalue weighted by Crippen LogP contribution is -2.13. The topological polar surface area (TPSA) is 60.5 Å². The SMILES string of the molecule is COc1ccc(Oc2ccc(Cl)cc2NC(=O)c2ccc(F)nc2)cc1. The van der Waals surface area contributed by atoms with Crippen LogP contribution in [0.3, 0.4) is 0 Å². The fourth-order valence-corrected chi connectivity index (χ4v) is 2.34. The summed E-state index contributed by atoms with van der Waals surface area (Å²) in [5, 5.41) is 3.12. The number of anilines is 1. The van der Waals surface area contributed by atoms with E-state index >= 15 is 0 Å². The molecular weight excluding hydrogens is 359 g/mol. The van der Waals surface area contributed by atoms with Crippen LogP contribution in [-0.2, 0) is 0 Å². The van der Waals surface area contributed by atoms with Gasteiger partial charge in [0.2, 0.25) is 5.95 Å². The number of methoxy groups -OCH3 is 1. The maximum Gasteiger partial charge on any atom is 0.257 e. The van der Waals surface area contributed by atoms with Crippen LogP contribution in [-0.4, -0.2) is 18.0 Å². The minimum Gasteiger partial charge on any atom is -0.497 e. The van der Waals surface area contributed by atoms with Gasteiger partial charge in [0, 0.05) is 11.2 Å². The Labute approximate surface area is 154 Å². The van der Waals surface area contributed by atoms with Gasteiger partial charge in [0.1, 0.15) is 11.5 Å². The van der Waals surface area contributed by atoms with Crippen molar-refractivity contribution in [3.8, 4) is 17.2 Å². The molecule has 2 aromatic carbocycles. The van der Waals surface area contributed by atoms with E-state index in [0.29, 0.717) is 28.0 Å². The van der Waals surface area contributed by atoms with Crippen molar-refractivity contribution in [1.82, 2.24) is 4.98 Å². The van der Waals surface area contributed by atoms with Crippen molar-refractivity contribution in [3.05, 3.63) is 77.3 Å². The molecule has 1 aromatic heterocycles. The van der Waals surface area contributed by atoms with Crippen LogP contribution in [0.25, 0.3) is 0 Å². The van der Waals surface area contributed by atoms with E-state index < -0.39 is 11.9 Å². The molecule has 0 aliphatic heterocycles. The molecule has 0 saturated carbocycles. The summed E-state index contributed by atoms with van der Waals surface area (Å²) in [6, 6.07) is 14.3. The van der Waals surface area contributed by atoms with Gasteiger partial charge in [-0.2, -0.15) is 4.39 Å². The average Bonchev–Trinajstić information content (AvgIpc) is 2.65. The van der Waals surface area contributed by atoms with Gasteiger partial charge < -0.3 is 14.8 Å². The molecule has 1 N–H and O–H groups in total. The van der Waals surface area contributed by atoms with Crippen LogP contribution in [0, 0.1) is 5.95 Å². The van der Waals surface area contributed by atoms with Gasteiger partial charge in [0.05, 0.1) is 18.4 Å². The molecule has 0 spiro atoms. The first-order chi connectivity index (χ1) is 12.5. The Bertz CT molecular complexity index is 915. The number of pyridine rings is 1. The number of amides is 1. The average molecular weight is 373 g/mol. The fraction of sp³-hybridized carbons (Fsp3) is 0.0526. The van der Waals surface area contributed by atoms with E-state index in [1.807, 2.05) is 0 Å². The first kappa shape index (κ1) is 17.7. The van der Waals surface area contributed by atoms with Gasteiger partial charge in [-0.05, 0) is 54.6 Å². The van der Waals surface area contributed by atoms with Crippen LogP contribution in [0.2, 0.25) is 5.02 Å². The van der Waals surface area contributed by atoms with Crippen LogP contribution >= 0.6 is 11.6 Å². The van der Waals surface area contributed by atoms with Crippen molar-refractivity contribution in [1.29, 1.82) is 0 Å². The monoisotopic (exact) mass is 372 g/mol. The molecule has 132 valence electrons. The lowest BCUT2D eigenvalue weighted by Gasteiger charge is -2.13. The van der Waals surface area contributed by atoms with E-state index in [1.165, 1.54) is 6.07 Å². The van der Waals surface area contributed by atoms with Gasteiger partial charge >= 0.3 is 0 Å². The Kier molecular flexibility index (Phi) is 5.34. The van der Waals surface area contributed by atoms with Gasteiger partial charge in [-0.1, -0.05) is 11.6 Å². The van der Waals surface area contributed by atoms with Crippen molar-refractivity contribution >= 4 is 23.2 Å². The predicted octanol–water partition coefficient (Wildman–Crippen LogP) is 4.93. The summed E-state index contributed by atoms with van der Waals surface area (Å²) in [6.45, 7) is 0. The highest BCUT2D eigenvalue weighted by molar-refractivity contribution is 6.31. The van der Waals surface area contributed by atoms with Crippen LogP contribution in [0.5, 0.6) is 17.2 Å². The molecule has 1 heterocycles. The van der Waals surface area contributed by atoms with Gasteiger partial charge in [-0.15, -0.1) is 0 Å². The molecule has 0 atom stereocenters. The Hall–Kier alpha value is -3.12. The summed E-state index contributed by atoms with van der Waals surface area (Å²) >= 11 is 6.02. The number of hydrogen-bond donors (Lipinski definition) is 1. The van der Waals surface area contributed by atoms with E-state index in [1.54, 1.807) is 49.6 Å². The molecule has 1 amide bonds. The third kappa shape index (κ3) is 4.29. The van der Waals surface area contributed by atoms with E-state index in [-0.39, 0.29) is 5.56 Å². The second-order valence-corrected chi connectivity index (χ2v) is 5.68. The summed E-state index contributed by atoms with van der Waals surface area (Å²) < 4.78 is 23.8. The molecular formula is C19H14ClFN2O3.